The zero-order chi connectivity index (χ0) is 13.2. The minimum absolute atomic E-state index is 0.0357. The van der Waals surface area contributed by atoms with Crippen molar-refractivity contribution in [2.24, 2.45) is 0 Å². The fourth-order valence-corrected chi connectivity index (χ4v) is 1.66. The summed E-state index contributed by atoms with van der Waals surface area (Å²) in [4.78, 5) is 0. The number of hydrogen-bond donors (Lipinski definition) is 1. The van der Waals surface area contributed by atoms with Gasteiger partial charge < -0.3 is 19.5 Å². The number of fused-ring (bicyclic) bond motifs is 1. The van der Waals surface area contributed by atoms with Gasteiger partial charge in [-0.1, -0.05) is 0 Å². The van der Waals surface area contributed by atoms with E-state index in [0.29, 0.717) is 18.9 Å². The van der Waals surface area contributed by atoms with Gasteiger partial charge in [-0.2, -0.15) is 0 Å². The topological polar surface area (TPSA) is 39.7 Å². The normalized spacial score (nSPS) is 17.6. The summed E-state index contributed by atoms with van der Waals surface area (Å²) in [5.41, 5.74) is 0.683. The van der Waals surface area contributed by atoms with Crippen LogP contribution in [0.25, 0.3) is 0 Å². The van der Waals surface area contributed by atoms with E-state index < -0.39 is 6.29 Å². The van der Waals surface area contributed by atoms with Crippen molar-refractivity contribution in [3.8, 4) is 11.5 Å². The molecule has 1 aliphatic heterocycles. The Bertz CT molecular complexity index is 426. The van der Waals surface area contributed by atoms with Crippen LogP contribution in [0, 0.1) is 0 Å². The number of rotatable bonds is 5. The van der Waals surface area contributed by atoms with Crippen LogP contribution in [0.2, 0.25) is 0 Å². The molecule has 1 unspecified atom stereocenters. The number of benzene rings is 1. The highest BCUT2D eigenvalue weighted by atomic mass is 19.3. The summed E-state index contributed by atoms with van der Waals surface area (Å²) in [7, 11) is 0. The summed E-state index contributed by atoms with van der Waals surface area (Å²) in [6, 6.07) is 4.67. The fourth-order valence-electron chi connectivity index (χ4n) is 1.66. The van der Waals surface area contributed by atoms with Gasteiger partial charge in [0.05, 0.1) is 6.61 Å². The molecule has 0 saturated heterocycles. The largest absolute Gasteiger partial charge is 0.586 e. The molecule has 2 rings (SSSR count). The molecular formula is C12H15F2NO3. The zero-order valence-corrected chi connectivity index (χ0v) is 10.2. The zero-order valence-electron chi connectivity index (χ0n) is 10.2. The highest BCUT2D eigenvalue weighted by Crippen LogP contribution is 2.42. The smallest absolute Gasteiger partial charge is 0.395 e. The summed E-state index contributed by atoms with van der Waals surface area (Å²) >= 11 is 0. The third-order valence-corrected chi connectivity index (χ3v) is 2.39. The molecule has 1 aromatic carbocycles. The van der Waals surface area contributed by atoms with E-state index in [2.05, 4.69) is 14.8 Å². The van der Waals surface area contributed by atoms with E-state index >= 15 is 0 Å². The van der Waals surface area contributed by atoms with Gasteiger partial charge >= 0.3 is 6.29 Å². The molecule has 0 radical (unpaired) electrons. The Morgan fingerprint density at radius 1 is 1.33 bits per heavy atom. The first-order valence-corrected chi connectivity index (χ1v) is 5.74. The van der Waals surface area contributed by atoms with Gasteiger partial charge in [-0.15, -0.1) is 8.78 Å². The lowest BCUT2D eigenvalue weighted by Gasteiger charge is -2.15. The van der Waals surface area contributed by atoms with Crippen molar-refractivity contribution in [3.05, 3.63) is 18.2 Å². The van der Waals surface area contributed by atoms with Crippen molar-refractivity contribution in [1.29, 1.82) is 0 Å². The molecule has 6 heteroatoms. The molecule has 1 N–H and O–H groups in total. The van der Waals surface area contributed by atoms with Crippen LogP contribution in [0.15, 0.2) is 18.2 Å². The van der Waals surface area contributed by atoms with Crippen LogP contribution in [0.5, 0.6) is 11.5 Å². The van der Waals surface area contributed by atoms with Crippen LogP contribution in [0.4, 0.5) is 14.5 Å². The maximum atomic E-state index is 12.8. The van der Waals surface area contributed by atoms with E-state index in [0.717, 1.165) is 0 Å². The van der Waals surface area contributed by atoms with Crippen molar-refractivity contribution < 1.29 is 23.0 Å². The van der Waals surface area contributed by atoms with E-state index in [-0.39, 0.29) is 17.5 Å². The number of alkyl halides is 2. The first kappa shape index (κ1) is 12.9. The molecule has 18 heavy (non-hydrogen) atoms. The highest BCUT2D eigenvalue weighted by molar-refractivity contribution is 5.56. The van der Waals surface area contributed by atoms with Crippen molar-refractivity contribution in [3.63, 3.8) is 0 Å². The molecular weight excluding hydrogens is 244 g/mol. The van der Waals surface area contributed by atoms with Crippen LogP contribution >= 0.6 is 0 Å². The van der Waals surface area contributed by atoms with Gasteiger partial charge in [0.1, 0.15) is 0 Å². The quantitative estimate of drug-likeness (QED) is 0.882. The minimum Gasteiger partial charge on any atom is -0.395 e. The molecule has 0 fully saturated rings. The Morgan fingerprint density at radius 3 is 2.78 bits per heavy atom. The summed E-state index contributed by atoms with van der Waals surface area (Å²) in [5.74, 6) is 0.0802. The van der Waals surface area contributed by atoms with Crippen LogP contribution in [0.1, 0.15) is 13.8 Å². The molecule has 0 aliphatic carbocycles. The van der Waals surface area contributed by atoms with Gasteiger partial charge in [0, 0.05) is 24.4 Å². The molecule has 0 saturated carbocycles. The molecule has 1 atom stereocenters. The van der Waals surface area contributed by atoms with Crippen molar-refractivity contribution in [2.45, 2.75) is 26.2 Å². The average molecular weight is 259 g/mol. The van der Waals surface area contributed by atoms with Crippen LogP contribution in [-0.4, -0.2) is 25.6 Å². The summed E-state index contributed by atoms with van der Waals surface area (Å²) in [5, 5.41) is 3.13. The standard InChI is InChI=1S/C12H15F2NO3/c1-3-16-7-8(2)15-9-4-5-10-11(6-9)18-12(13,14)17-10/h4-6,8,15H,3,7H2,1-2H3. The SMILES string of the molecule is CCOCC(C)Nc1ccc2c(c1)OC(F)(F)O2. The van der Waals surface area contributed by atoms with Gasteiger partial charge in [0.25, 0.3) is 0 Å². The van der Waals surface area contributed by atoms with Crippen molar-refractivity contribution >= 4 is 5.69 Å². The second kappa shape index (κ2) is 4.97. The Labute approximate surface area is 104 Å². The Morgan fingerprint density at radius 2 is 2.06 bits per heavy atom. The van der Waals surface area contributed by atoms with Gasteiger partial charge in [-0.05, 0) is 26.0 Å². The van der Waals surface area contributed by atoms with Gasteiger partial charge in [0.2, 0.25) is 0 Å². The fraction of sp³-hybridized carbons (Fsp3) is 0.500. The summed E-state index contributed by atoms with van der Waals surface area (Å²) in [6.07, 6.45) is -3.57. The lowest BCUT2D eigenvalue weighted by Crippen LogP contribution is -2.26. The Balaban J connectivity index is 2.00. The maximum absolute atomic E-state index is 12.8. The predicted octanol–water partition coefficient (Wildman–Crippen LogP) is 2.85. The number of anilines is 1. The molecule has 0 aromatic heterocycles. The summed E-state index contributed by atoms with van der Waals surface area (Å²) in [6.45, 7) is 5.03. The number of hydrogen-bond acceptors (Lipinski definition) is 4. The van der Waals surface area contributed by atoms with Crippen LogP contribution in [0.3, 0.4) is 0 Å². The van der Waals surface area contributed by atoms with Gasteiger partial charge in [-0.3, -0.25) is 0 Å². The number of halogens is 2. The highest BCUT2D eigenvalue weighted by Gasteiger charge is 2.43. The third-order valence-electron chi connectivity index (χ3n) is 2.39. The van der Waals surface area contributed by atoms with Crippen molar-refractivity contribution in [2.75, 3.05) is 18.5 Å². The third kappa shape index (κ3) is 3.01. The molecule has 1 aliphatic rings. The summed E-state index contributed by atoms with van der Waals surface area (Å²) < 4.78 is 39.6. The van der Waals surface area contributed by atoms with Gasteiger partial charge in [0.15, 0.2) is 11.5 Å². The van der Waals surface area contributed by atoms with E-state index in [9.17, 15) is 8.78 Å². The monoisotopic (exact) mass is 259 g/mol. The van der Waals surface area contributed by atoms with Crippen LogP contribution in [-0.2, 0) is 4.74 Å². The number of ether oxygens (including phenoxy) is 3. The Kier molecular flexibility index (Phi) is 3.56. The lowest BCUT2D eigenvalue weighted by atomic mass is 10.2. The average Bonchev–Trinajstić information content (AvgIpc) is 2.59. The van der Waals surface area contributed by atoms with E-state index in [1.807, 2.05) is 13.8 Å². The first-order valence-electron chi connectivity index (χ1n) is 5.74. The minimum atomic E-state index is -3.57. The lowest BCUT2D eigenvalue weighted by molar-refractivity contribution is -0.286. The second-order valence-corrected chi connectivity index (χ2v) is 4.03. The Hall–Kier alpha value is -1.56. The molecule has 0 bridgehead atoms. The molecule has 1 heterocycles. The molecule has 0 amide bonds. The van der Waals surface area contributed by atoms with E-state index in [1.54, 1.807) is 6.07 Å². The second-order valence-electron chi connectivity index (χ2n) is 4.03. The maximum Gasteiger partial charge on any atom is 0.586 e. The molecule has 4 nitrogen and oxygen atoms in total. The molecule has 0 spiro atoms. The number of nitrogens with one attached hydrogen (secondary N) is 1. The van der Waals surface area contributed by atoms with E-state index in [1.165, 1.54) is 12.1 Å². The first-order chi connectivity index (χ1) is 8.50. The molecule has 100 valence electrons. The van der Waals surface area contributed by atoms with Gasteiger partial charge in [-0.25, -0.2) is 0 Å². The van der Waals surface area contributed by atoms with Crippen LogP contribution < -0.4 is 14.8 Å². The van der Waals surface area contributed by atoms with E-state index in [4.69, 9.17) is 4.74 Å². The predicted molar refractivity (Wildman–Crippen MR) is 62.2 cm³/mol. The van der Waals surface area contributed by atoms with Crippen molar-refractivity contribution in [1.82, 2.24) is 0 Å². The molecule has 1 aromatic rings.